The second-order valence-corrected chi connectivity index (χ2v) is 7.62. The second-order valence-electron chi connectivity index (χ2n) is 7.62. The summed E-state index contributed by atoms with van der Waals surface area (Å²) in [7, 11) is 0. The van der Waals surface area contributed by atoms with E-state index >= 15 is 0 Å². The Balaban J connectivity index is 2.20. The van der Waals surface area contributed by atoms with E-state index in [1.807, 2.05) is 0 Å². The van der Waals surface area contributed by atoms with E-state index in [0.717, 1.165) is 37.5 Å². The van der Waals surface area contributed by atoms with Gasteiger partial charge in [0.1, 0.15) is 6.04 Å². The Hall–Kier alpha value is -2.05. The fraction of sp³-hybridized carbons (Fsp3) is 0.652. The number of halogens is 3. The van der Waals surface area contributed by atoms with Crippen molar-refractivity contribution in [2.45, 2.75) is 90.3 Å². The van der Waals surface area contributed by atoms with Gasteiger partial charge in [-0.3, -0.25) is 4.79 Å². The number of carbonyl (C=O) groups excluding carboxylic acids is 2. The molecule has 0 aliphatic heterocycles. The maximum Gasteiger partial charge on any atom is 0.416 e. The number of unbranched alkanes of at least 4 members (excludes halogenated alkanes) is 9. The van der Waals surface area contributed by atoms with Crippen molar-refractivity contribution in [2.75, 3.05) is 6.61 Å². The summed E-state index contributed by atoms with van der Waals surface area (Å²) in [5, 5.41) is 2.38. The lowest BCUT2D eigenvalue weighted by Gasteiger charge is -2.14. The SMILES string of the molecule is CCCCCCCCCCCCOC(=O)[C@H](C)NC(=O)c1cccc(C(F)(F)F)c1. The Morgan fingerprint density at radius 2 is 1.53 bits per heavy atom. The predicted octanol–water partition coefficient (Wildman–Crippen LogP) is 6.29. The van der Waals surface area contributed by atoms with Crippen LogP contribution in [0.5, 0.6) is 0 Å². The Bertz CT molecular complexity index is 647. The molecule has 0 spiro atoms. The van der Waals surface area contributed by atoms with Crippen LogP contribution in [0.1, 0.15) is 94.0 Å². The van der Waals surface area contributed by atoms with Crippen molar-refractivity contribution in [1.82, 2.24) is 5.32 Å². The fourth-order valence-electron chi connectivity index (χ4n) is 3.06. The number of hydrogen-bond donors (Lipinski definition) is 1. The molecule has 1 aromatic carbocycles. The van der Waals surface area contributed by atoms with Crippen LogP contribution in [0.3, 0.4) is 0 Å². The van der Waals surface area contributed by atoms with E-state index in [9.17, 15) is 22.8 Å². The monoisotopic (exact) mass is 429 g/mol. The molecule has 1 atom stereocenters. The molecule has 1 rings (SSSR count). The molecular weight excluding hydrogens is 395 g/mol. The number of hydrogen-bond acceptors (Lipinski definition) is 3. The highest BCUT2D eigenvalue weighted by molar-refractivity contribution is 5.96. The minimum atomic E-state index is -4.53. The second kappa shape index (κ2) is 14.0. The number of carbonyl (C=O) groups is 2. The van der Waals surface area contributed by atoms with Crippen LogP contribution >= 0.6 is 0 Å². The molecule has 7 heteroatoms. The van der Waals surface area contributed by atoms with Gasteiger partial charge in [-0.2, -0.15) is 13.2 Å². The minimum Gasteiger partial charge on any atom is -0.464 e. The smallest absolute Gasteiger partial charge is 0.416 e. The van der Waals surface area contributed by atoms with Crippen molar-refractivity contribution in [2.24, 2.45) is 0 Å². The molecule has 0 radical (unpaired) electrons. The van der Waals surface area contributed by atoms with Crippen molar-refractivity contribution >= 4 is 11.9 Å². The van der Waals surface area contributed by atoms with Gasteiger partial charge < -0.3 is 10.1 Å². The zero-order valence-corrected chi connectivity index (χ0v) is 18.0. The van der Waals surface area contributed by atoms with E-state index in [-0.39, 0.29) is 12.2 Å². The normalized spacial score (nSPS) is 12.4. The molecule has 0 fully saturated rings. The van der Waals surface area contributed by atoms with Gasteiger partial charge in [-0.25, -0.2) is 4.79 Å². The molecule has 30 heavy (non-hydrogen) atoms. The van der Waals surface area contributed by atoms with Gasteiger partial charge in [-0.1, -0.05) is 70.8 Å². The lowest BCUT2D eigenvalue weighted by Crippen LogP contribution is -2.39. The molecule has 0 aliphatic rings. The number of amides is 1. The lowest BCUT2D eigenvalue weighted by atomic mass is 10.1. The van der Waals surface area contributed by atoms with Crippen LogP contribution in [0.4, 0.5) is 13.2 Å². The first-order valence-corrected chi connectivity index (χ1v) is 10.9. The molecular formula is C23H34F3NO3. The van der Waals surface area contributed by atoms with Crippen LogP contribution < -0.4 is 5.32 Å². The van der Waals surface area contributed by atoms with Gasteiger partial charge in [-0.15, -0.1) is 0 Å². The van der Waals surface area contributed by atoms with Crippen LogP contribution in [-0.2, 0) is 15.7 Å². The first-order valence-electron chi connectivity index (χ1n) is 10.9. The van der Waals surface area contributed by atoms with Gasteiger partial charge in [0.25, 0.3) is 5.91 Å². The van der Waals surface area contributed by atoms with Crippen molar-refractivity contribution in [3.05, 3.63) is 35.4 Å². The molecule has 0 saturated heterocycles. The fourth-order valence-corrected chi connectivity index (χ4v) is 3.06. The average molecular weight is 430 g/mol. The number of alkyl halides is 3. The van der Waals surface area contributed by atoms with E-state index < -0.39 is 29.7 Å². The number of rotatable bonds is 14. The van der Waals surface area contributed by atoms with E-state index in [1.165, 1.54) is 57.9 Å². The standard InChI is InChI=1S/C23H34F3NO3/c1-3-4-5-6-7-8-9-10-11-12-16-30-22(29)18(2)27-21(28)19-14-13-15-20(17-19)23(24,25)26/h13-15,17-18H,3-12,16H2,1-2H3,(H,27,28)/t18-/m0/s1. The van der Waals surface area contributed by atoms with Crippen LogP contribution in [-0.4, -0.2) is 24.5 Å². The Morgan fingerprint density at radius 1 is 0.967 bits per heavy atom. The number of ether oxygens (including phenoxy) is 1. The first-order chi connectivity index (χ1) is 14.3. The molecule has 0 aliphatic carbocycles. The van der Waals surface area contributed by atoms with Crippen molar-refractivity contribution in [1.29, 1.82) is 0 Å². The van der Waals surface area contributed by atoms with E-state index in [2.05, 4.69) is 12.2 Å². The first kappa shape index (κ1) is 26.0. The van der Waals surface area contributed by atoms with E-state index in [0.29, 0.717) is 0 Å². The summed E-state index contributed by atoms with van der Waals surface area (Å²) in [6.07, 6.45) is 7.19. The summed E-state index contributed by atoms with van der Waals surface area (Å²) in [6.45, 7) is 3.93. The maximum atomic E-state index is 12.7. The summed E-state index contributed by atoms with van der Waals surface area (Å²) in [5.74, 6) is -1.34. The summed E-state index contributed by atoms with van der Waals surface area (Å²) >= 11 is 0. The van der Waals surface area contributed by atoms with Crippen LogP contribution in [0, 0.1) is 0 Å². The van der Waals surface area contributed by atoms with E-state index in [4.69, 9.17) is 4.74 Å². The van der Waals surface area contributed by atoms with Gasteiger partial charge >= 0.3 is 12.1 Å². The number of esters is 1. The summed E-state index contributed by atoms with van der Waals surface area (Å²) in [5.41, 5.74) is -1.06. The maximum absolute atomic E-state index is 12.7. The third-order valence-corrected chi connectivity index (χ3v) is 4.90. The molecule has 170 valence electrons. The zero-order valence-electron chi connectivity index (χ0n) is 18.0. The molecule has 1 amide bonds. The van der Waals surface area contributed by atoms with Gasteiger partial charge in [0.15, 0.2) is 0 Å². The Morgan fingerprint density at radius 3 is 2.10 bits per heavy atom. The predicted molar refractivity (Wildman–Crippen MR) is 111 cm³/mol. The molecule has 1 N–H and O–H groups in total. The topological polar surface area (TPSA) is 55.4 Å². The van der Waals surface area contributed by atoms with Crippen molar-refractivity contribution in [3.63, 3.8) is 0 Å². The van der Waals surface area contributed by atoms with Crippen molar-refractivity contribution in [3.8, 4) is 0 Å². The third-order valence-electron chi connectivity index (χ3n) is 4.90. The highest BCUT2D eigenvalue weighted by Gasteiger charge is 2.31. The van der Waals surface area contributed by atoms with Crippen molar-refractivity contribution < 1.29 is 27.5 Å². The molecule has 0 bridgehead atoms. The van der Waals surface area contributed by atoms with Crippen LogP contribution in [0.15, 0.2) is 24.3 Å². The van der Waals surface area contributed by atoms with E-state index in [1.54, 1.807) is 0 Å². The Labute approximate surface area is 177 Å². The molecule has 4 nitrogen and oxygen atoms in total. The summed E-state index contributed by atoms with van der Waals surface area (Å²) in [4.78, 5) is 24.1. The highest BCUT2D eigenvalue weighted by Crippen LogP contribution is 2.29. The largest absolute Gasteiger partial charge is 0.464 e. The molecule has 1 aromatic rings. The number of nitrogens with one attached hydrogen (secondary N) is 1. The van der Waals surface area contributed by atoms with Crippen LogP contribution in [0.25, 0.3) is 0 Å². The summed E-state index contributed by atoms with van der Waals surface area (Å²) in [6, 6.07) is 3.14. The molecule has 0 unspecified atom stereocenters. The van der Waals surface area contributed by atoms with Gasteiger partial charge in [0, 0.05) is 5.56 Å². The minimum absolute atomic E-state index is 0.154. The molecule has 0 aromatic heterocycles. The van der Waals surface area contributed by atoms with Crippen LogP contribution in [0.2, 0.25) is 0 Å². The van der Waals surface area contributed by atoms with Gasteiger partial charge in [0.2, 0.25) is 0 Å². The highest BCUT2D eigenvalue weighted by atomic mass is 19.4. The number of benzene rings is 1. The quantitative estimate of drug-likeness (QED) is 0.279. The third kappa shape index (κ3) is 10.6. The molecule has 0 heterocycles. The lowest BCUT2D eigenvalue weighted by molar-refractivity contribution is -0.145. The van der Waals surface area contributed by atoms with Gasteiger partial charge in [-0.05, 0) is 31.5 Å². The average Bonchev–Trinajstić information content (AvgIpc) is 2.71. The summed E-state index contributed by atoms with van der Waals surface area (Å²) < 4.78 is 43.4. The van der Waals surface area contributed by atoms with Gasteiger partial charge in [0.05, 0.1) is 12.2 Å². The zero-order chi connectivity index (χ0) is 22.4. The Kier molecular flexibility index (Phi) is 12.2. The molecule has 0 saturated carbocycles.